The molecule has 0 aliphatic heterocycles. The zero-order valence-electron chi connectivity index (χ0n) is 14.3. The number of nitrogens with one attached hydrogen (secondary N) is 1. The van der Waals surface area contributed by atoms with Crippen LogP contribution in [0.15, 0.2) is 42.5 Å². The summed E-state index contributed by atoms with van der Waals surface area (Å²) < 4.78 is 5.73. The summed E-state index contributed by atoms with van der Waals surface area (Å²) in [6, 6.07) is 14.6. The number of hydrogen-bond donors (Lipinski definition) is 1. The summed E-state index contributed by atoms with van der Waals surface area (Å²) in [5.74, 6) is 0.701. The van der Waals surface area contributed by atoms with E-state index in [0.717, 1.165) is 11.3 Å². The first-order valence-electron chi connectivity index (χ1n) is 7.86. The fourth-order valence-corrected chi connectivity index (χ4v) is 2.46. The summed E-state index contributed by atoms with van der Waals surface area (Å²) in [5.41, 5.74) is 2.03. The summed E-state index contributed by atoms with van der Waals surface area (Å²) >= 11 is 5.96. The molecule has 0 unspecified atom stereocenters. The van der Waals surface area contributed by atoms with Gasteiger partial charge in [-0.1, -0.05) is 29.8 Å². The van der Waals surface area contributed by atoms with E-state index in [4.69, 9.17) is 21.6 Å². The number of likely N-dealkylation sites (N-methyl/N-ethyl adjacent to an activating group) is 1. The van der Waals surface area contributed by atoms with E-state index in [2.05, 4.69) is 5.32 Å². The van der Waals surface area contributed by atoms with Gasteiger partial charge in [-0.3, -0.25) is 9.69 Å². The minimum Gasteiger partial charge on any atom is -0.492 e. The first-order valence-corrected chi connectivity index (χ1v) is 8.24. The quantitative estimate of drug-likeness (QED) is 0.824. The molecule has 0 aromatic heterocycles. The second-order valence-electron chi connectivity index (χ2n) is 5.71. The highest BCUT2D eigenvalue weighted by molar-refractivity contribution is 6.32. The van der Waals surface area contributed by atoms with E-state index in [0.29, 0.717) is 29.4 Å². The van der Waals surface area contributed by atoms with Crippen LogP contribution >= 0.6 is 11.6 Å². The largest absolute Gasteiger partial charge is 0.492 e. The molecule has 5 nitrogen and oxygen atoms in total. The third-order valence-corrected chi connectivity index (χ3v) is 3.92. The highest BCUT2D eigenvalue weighted by atomic mass is 35.5. The topological polar surface area (TPSA) is 65.4 Å². The average Bonchev–Trinajstić information content (AvgIpc) is 2.56. The van der Waals surface area contributed by atoms with Crippen LogP contribution in [-0.2, 0) is 4.79 Å². The molecule has 1 N–H and O–H groups in total. The molecular formula is C19H20ClN3O2. The van der Waals surface area contributed by atoms with Gasteiger partial charge in [0.2, 0.25) is 5.91 Å². The summed E-state index contributed by atoms with van der Waals surface area (Å²) in [7, 11) is 1.85. The number of amides is 1. The van der Waals surface area contributed by atoms with Gasteiger partial charge >= 0.3 is 0 Å². The van der Waals surface area contributed by atoms with Gasteiger partial charge in [0, 0.05) is 12.2 Å². The lowest BCUT2D eigenvalue weighted by Gasteiger charge is -2.17. The number of halogens is 1. The van der Waals surface area contributed by atoms with Crippen molar-refractivity contribution in [2.75, 3.05) is 32.1 Å². The molecule has 0 spiro atoms. The maximum Gasteiger partial charge on any atom is 0.238 e. The lowest BCUT2D eigenvalue weighted by Crippen LogP contribution is -2.33. The Kier molecular flexibility index (Phi) is 6.81. The normalized spacial score (nSPS) is 10.4. The van der Waals surface area contributed by atoms with Crippen molar-refractivity contribution >= 4 is 23.2 Å². The number of nitriles is 1. The van der Waals surface area contributed by atoms with Crippen molar-refractivity contribution in [3.63, 3.8) is 0 Å². The predicted octanol–water partition coefficient (Wildman–Crippen LogP) is 3.47. The van der Waals surface area contributed by atoms with Gasteiger partial charge in [0.25, 0.3) is 0 Å². The molecule has 130 valence electrons. The Hall–Kier alpha value is -2.55. The van der Waals surface area contributed by atoms with Crippen molar-refractivity contribution in [1.82, 2.24) is 4.90 Å². The van der Waals surface area contributed by atoms with Gasteiger partial charge in [-0.15, -0.1) is 0 Å². The Labute approximate surface area is 152 Å². The molecule has 0 saturated heterocycles. The van der Waals surface area contributed by atoms with Gasteiger partial charge in [-0.2, -0.15) is 5.26 Å². The molecule has 0 heterocycles. The van der Waals surface area contributed by atoms with Crippen LogP contribution in [-0.4, -0.2) is 37.6 Å². The Bertz CT molecular complexity index is 786. The van der Waals surface area contributed by atoms with E-state index in [1.807, 2.05) is 49.2 Å². The van der Waals surface area contributed by atoms with Gasteiger partial charge < -0.3 is 10.1 Å². The Morgan fingerprint density at radius 1 is 1.32 bits per heavy atom. The number of aryl methyl sites for hydroxylation is 1. The van der Waals surface area contributed by atoms with Crippen LogP contribution in [0.5, 0.6) is 5.75 Å². The minimum absolute atomic E-state index is 0.154. The number of anilines is 1. The van der Waals surface area contributed by atoms with E-state index >= 15 is 0 Å². The van der Waals surface area contributed by atoms with Crippen molar-refractivity contribution in [3.05, 3.63) is 58.6 Å². The zero-order chi connectivity index (χ0) is 18.2. The Morgan fingerprint density at radius 2 is 2.08 bits per heavy atom. The second kappa shape index (κ2) is 9.07. The molecule has 2 rings (SSSR count). The Balaban J connectivity index is 1.77. The van der Waals surface area contributed by atoms with Gasteiger partial charge in [-0.05, 0) is 43.8 Å². The molecule has 0 fully saturated rings. The molecule has 6 heteroatoms. The smallest absolute Gasteiger partial charge is 0.238 e. The summed E-state index contributed by atoms with van der Waals surface area (Å²) in [5, 5.41) is 11.9. The molecule has 2 aromatic rings. The fourth-order valence-electron chi connectivity index (χ4n) is 2.24. The molecule has 1 amide bonds. The van der Waals surface area contributed by atoms with E-state index in [-0.39, 0.29) is 12.5 Å². The fraction of sp³-hybridized carbons (Fsp3) is 0.263. The summed E-state index contributed by atoms with van der Waals surface area (Å²) in [6.45, 7) is 3.34. The third kappa shape index (κ3) is 5.79. The number of carbonyl (C=O) groups excluding carboxylic acids is 1. The van der Waals surface area contributed by atoms with Crippen molar-refractivity contribution in [3.8, 4) is 11.8 Å². The van der Waals surface area contributed by atoms with Gasteiger partial charge in [0.05, 0.1) is 17.1 Å². The van der Waals surface area contributed by atoms with Crippen LogP contribution in [0, 0.1) is 18.3 Å². The molecule has 0 bridgehead atoms. The molecule has 2 aromatic carbocycles. The number of benzene rings is 2. The molecule has 25 heavy (non-hydrogen) atoms. The van der Waals surface area contributed by atoms with Crippen LogP contribution in [0.2, 0.25) is 5.02 Å². The van der Waals surface area contributed by atoms with Crippen LogP contribution in [0.25, 0.3) is 0 Å². The molecule has 0 radical (unpaired) electrons. The van der Waals surface area contributed by atoms with E-state index in [9.17, 15) is 4.79 Å². The average molecular weight is 358 g/mol. The lowest BCUT2D eigenvalue weighted by molar-refractivity contribution is -0.117. The zero-order valence-corrected chi connectivity index (χ0v) is 15.0. The molecule has 0 aliphatic carbocycles. The monoisotopic (exact) mass is 357 g/mol. The van der Waals surface area contributed by atoms with E-state index in [1.165, 1.54) is 0 Å². The first-order chi connectivity index (χ1) is 12.0. The first kappa shape index (κ1) is 18.8. The van der Waals surface area contributed by atoms with Crippen molar-refractivity contribution in [2.24, 2.45) is 0 Å². The van der Waals surface area contributed by atoms with Crippen molar-refractivity contribution in [2.45, 2.75) is 6.92 Å². The molecule has 0 aliphatic rings. The minimum atomic E-state index is -0.154. The summed E-state index contributed by atoms with van der Waals surface area (Å²) in [4.78, 5) is 13.9. The maximum absolute atomic E-state index is 12.1. The molecule has 0 saturated carbocycles. The van der Waals surface area contributed by atoms with Gasteiger partial charge in [0.1, 0.15) is 18.4 Å². The highest BCUT2D eigenvalue weighted by Gasteiger charge is 2.09. The van der Waals surface area contributed by atoms with Gasteiger partial charge in [0.15, 0.2) is 0 Å². The van der Waals surface area contributed by atoms with Gasteiger partial charge in [-0.25, -0.2) is 0 Å². The number of para-hydroxylation sites is 1. The number of nitrogens with zero attached hydrogens (tertiary/aromatic N) is 2. The van der Waals surface area contributed by atoms with Crippen LogP contribution in [0.3, 0.4) is 0 Å². The van der Waals surface area contributed by atoms with E-state index < -0.39 is 0 Å². The second-order valence-corrected chi connectivity index (χ2v) is 6.11. The van der Waals surface area contributed by atoms with Crippen molar-refractivity contribution in [1.29, 1.82) is 5.26 Å². The SMILES string of the molecule is Cc1ccccc1OCCN(C)CC(=O)Nc1ccc(C#N)c(Cl)c1. The van der Waals surface area contributed by atoms with E-state index in [1.54, 1.807) is 18.2 Å². The lowest BCUT2D eigenvalue weighted by atomic mass is 10.2. The molecule has 0 atom stereocenters. The Morgan fingerprint density at radius 3 is 2.76 bits per heavy atom. The number of ether oxygens (including phenoxy) is 1. The van der Waals surface area contributed by atoms with Crippen molar-refractivity contribution < 1.29 is 9.53 Å². The van der Waals surface area contributed by atoms with Crippen LogP contribution < -0.4 is 10.1 Å². The molecular weight excluding hydrogens is 338 g/mol. The standard InChI is InChI=1S/C19H20ClN3O2/c1-14-5-3-4-6-18(14)25-10-9-23(2)13-19(24)22-16-8-7-15(12-21)17(20)11-16/h3-8,11H,9-10,13H2,1-2H3,(H,22,24). The third-order valence-electron chi connectivity index (χ3n) is 3.61. The summed E-state index contributed by atoms with van der Waals surface area (Å²) in [6.07, 6.45) is 0. The number of carbonyl (C=O) groups is 1. The predicted molar refractivity (Wildman–Crippen MR) is 99.0 cm³/mol. The van der Waals surface area contributed by atoms with Crippen LogP contribution in [0.1, 0.15) is 11.1 Å². The number of hydrogen-bond acceptors (Lipinski definition) is 4. The number of rotatable bonds is 7. The highest BCUT2D eigenvalue weighted by Crippen LogP contribution is 2.20. The maximum atomic E-state index is 12.1. The van der Waals surface area contributed by atoms with Crippen LogP contribution in [0.4, 0.5) is 5.69 Å².